The first kappa shape index (κ1) is 19.9. The number of fused-ring (bicyclic) bond motifs is 1. The predicted octanol–water partition coefficient (Wildman–Crippen LogP) is 2.99. The van der Waals surface area contributed by atoms with Gasteiger partial charge in [0.15, 0.2) is 0 Å². The number of aryl methyl sites for hydroxylation is 1. The van der Waals surface area contributed by atoms with Crippen molar-refractivity contribution in [1.82, 2.24) is 14.2 Å². The van der Waals surface area contributed by atoms with Gasteiger partial charge in [-0.05, 0) is 49.2 Å². The summed E-state index contributed by atoms with van der Waals surface area (Å²) < 4.78 is 33.6. The average Bonchev–Trinajstić information content (AvgIpc) is 3.14. The van der Waals surface area contributed by atoms with E-state index in [1.54, 1.807) is 18.3 Å². The number of nitrogens with one attached hydrogen (secondary N) is 1. The Morgan fingerprint density at radius 1 is 1.21 bits per heavy atom. The summed E-state index contributed by atoms with van der Waals surface area (Å²) in [4.78, 5) is 2.59. The first-order valence-corrected chi connectivity index (χ1v) is 11.3. The maximum absolute atomic E-state index is 13.4. The van der Waals surface area contributed by atoms with Gasteiger partial charge < -0.3 is 10.1 Å². The Morgan fingerprint density at radius 2 is 2.03 bits per heavy atom. The molecule has 1 unspecified atom stereocenters. The second kappa shape index (κ2) is 7.82. The molecular weight excluding hydrogens is 386 g/mol. The number of ether oxygens (including phenoxy) is 1. The van der Waals surface area contributed by atoms with Crippen molar-refractivity contribution in [2.45, 2.75) is 31.3 Å². The number of nitrogens with zero attached hydrogens (tertiary/aromatic N) is 2. The number of benzene rings is 2. The Hall–Kier alpha value is -2.35. The summed E-state index contributed by atoms with van der Waals surface area (Å²) in [5, 5.41) is 4.42. The molecule has 1 aliphatic heterocycles. The molecule has 0 aliphatic carbocycles. The fourth-order valence-electron chi connectivity index (χ4n) is 4.04. The Labute approximate surface area is 172 Å². The number of aromatic nitrogens is 1. The van der Waals surface area contributed by atoms with Crippen molar-refractivity contribution in [3.05, 3.63) is 59.8 Å². The monoisotopic (exact) mass is 413 g/mol. The molecule has 1 saturated heterocycles. The van der Waals surface area contributed by atoms with Crippen LogP contribution < -0.4 is 10.1 Å². The van der Waals surface area contributed by atoms with Gasteiger partial charge in [0.1, 0.15) is 10.6 Å². The average molecular weight is 414 g/mol. The molecule has 2 heterocycles. The van der Waals surface area contributed by atoms with E-state index in [-0.39, 0.29) is 4.90 Å². The molecule has 6 nitrogen and oxygen atoms in total. The third-order valence-corrected chi connectivity index (χ3v) is 7.20. The molecule has 1 atom stereocenters. The third kappa shape index (κ3) is 3.77. The highest BCUT2D eigenvalue weighted by molar-refractivity contribution is 7.90. The standard InChI is InChI=1S/C22H27N3O3S/c1-16-7-8-21(28-3)22(13-16)29(26,27)25-11-9-19-18(5-4-6-20(19)25)15-24-12-10-23-17(2)14-24/h4-9,11,13,17,23H,10,12,14-15H2,1-3H3. The zero-order chi connectivity index (χ0) is 20.6. The summed E-state index contributed by atoms with van der Waals surface area (Å²) >= 11 is 0. The SMILES string of the molecule is COc1ccc(C)cc1S(=O)(=O)n1ccc2c(CN3CCNC(C)C3)cccc21. The van der Waals surface area contributed by atoms with Crippen LogP contribution in [-0.2, 0) is 16.6 Å². The van der Waals surface area contributed by atoms with Crippen LogP contribution in [0.4, 0.5) is 0 Å². The van der Waals surface area contributed by atoms with Gasteiger partial charge in [-0.15, -0.1) is 0 Å². The molecule has 3 aromatic rings. The maximum atomic E-state index is 13.4. The highest BCUT2D eigenvalue weighted by atomic mass is 32.2. The quantitative estimate of drug-likeness (QED) is 0.697. The van der Waals surface area contributed by atoms with Gasteiger partial charge in [0.2, 0.25) is 0 Å². The summed E-state index contributed by atoms with van der Waals surface area (Å²) in [6.45, 7) is 7.81. The topological polar surface area (TPSA) is 63.6 Å². The van der Waals surface area contributed by atoms with Crippen LogP contribution in [0.5, 0.6) is 5.75 Å². The molecule has 2 aromatic carbocycles. The largest absolute Gasteiger partial charge is 0.495 e. The van der Waals surface area contributed by atoms with E-state index in [0.717, 1.165) is 42.7 Å². The number of hydrogen-bond donors (Lipinski definition) is 1. The van der Waals surface area contributed by atoms with E-state index in [0.29, 0.717) is 17.3 Å². The normalized spacial score (nSPS) is 18.2. The minimum absolute atomic E-state index is 0.179. The molecule has 7 heteroatoms. The van der Waals surface area contributed by atoms with Crippen molar-refractivity contribution in [2.75, 3.05) is 26.7 Å². The van der Waals surface area contributed by atoms with Crippen molar-refractivity contribution in [3.8, 4) is 5.75 Å². The fourth-order valence-corrected chi connectivity index (χ4v) is 5.63. The molecule has 4 rings (SSSR count). The molecule has 0 saturated carbocycles. The van der Waals surface area contributed by atoms with E-state index in [1.165, 1.54) is 11.1 Å². The molecule has 0 spiro atoms. The van der Waals surface area contributed by atoms with Crippen LogP contribution in [0.25, 0.3) is 10.9 Å². The number of piperazine rings is 1. The van der Waals surface area contributed by atoms with E-state index >= 15 is 0 Å². The van der Waals surface area contributed by atoms with E-state index in [4.69, 9.17) is 4.74 Å². The summed E-state index contributed by atoms with van der Waals surface area (Å²) in [5.41, 5.74) is 2.70. The van der Waals surface area contributed by atoms with Gasteiger partial charge in [0.25, 0.3) is 10.0 Å². The molecule has 1 N–H and O–H groups in total. The second-order valence-electron chi connectivity index (χ2n) is 7.71. The van der Waals surface area contributed by atoms with Crippen LogP contribution in [0.3, 0.4) is 0 Å². The molecule has 0 amide bonds. The number of rotatable bonds is 5. The Balaban J connectivity index is 1.75. The second-order valence-corrected chi connectivity index (χ2v) is 9.49. The lowest BCUT2D eigenvalue weighted by molar-refractivity contribution is 0.200. The van der Waals surface area contributed by atoms with Gasteiger partial charge in [-0.2, -0.15) is 0 Å². The fraction of sp³-hybridized carbons (Fsp3) is 0.364. The lowest BCUT2D eigenvalue weighted by Gasteiger charge is -2.32. The predicted molar refractivity (Wildman–Crippen MR) is 115 cm³/mol. The van der Waals surface area contributed by atoms with Crippen LogP contribution in [0.2, 0.25) is 0 Å². The van der Waals surface area contributed by atoms with E-state index < -0.39 is 10.0 Å². The molecule has 154 valence electrons. The summed E-state index contributed by atoms with van der Waals surface area (Å²) in [6.07, 6.45) is 1.64. The van der Waals surface area contributed by atoms with Crippen LogP contribution in [0.15, 0.2) is 53.6 Å². The van der Waals surface area contributed by atoms with Gasteiger partial charge in [-0.3, -0.25) is 4.90 Å². The molecule has 1 aliphatic rings. The van der Waals surface area contributed by atoms with Crippen LogP contribution in [0.1, 0.15) is 18.1 Å². The van der Waals surface area contributed by atoms with Gasteiger partial charge in [-0.1, -0.05) is 18.2 Å². The molecular formula is C22H27N3O3S. The molecule has 1 fully saturated rings. The molecule has 0 bridgehead atoms. The van der Waals surface area contributed by atoms with E-state index in [9.17, 15) is 8.42 Å². The highest BCUT2D eigenvalue weighted by Crippen LogP contribution is 2.30. The van der Waals surface area contributed by atoms with Crippen molar-refractivity contribution in [3.63, 3.8) is 0 Å². The van der Waals surface area contributed by atoms with Crippen molar-refractivity contribution < 1.29 is 13.2 Å². The summed E-state index contributed by atoms with van der Waals surface area (Å²) in [7, 11) is -2.29. The van der Waals surface area contributed by atoms with Crippen molar-refractivity contribution >= 4 is 20.9 Å². The van der Waals surface area contributed by atoms with Gasteiger partial charge in [0, 0.05) is 43.8 Å². The van der Waals surface area contributed by atoms with Gasteiger partial charge in [0.05, 0.1) is 12.6 Å². The zero-order valence-corrected chi connectivity index (χ0v) is 17.9. The van der Waals surface area contributed by atoms with E-state index in [2.05, 4.69) is 23.2 Å². The van der Waals surface area contributed by atoms with Gasteiger partial charge in [-0.25, -0.2) is 12.4 Å². The Morgan fingerprint density at radius 3 is 2.79 bits per heavy atom. The smallest absolute Gasteiger partial charge is 0.271 e. The van der Waals surface area contributed by atoms with Crippen LogP contribution in [0, 0.1) is 6.92 Å². The molecule has 1 aromatic heterocycles. The first-order valence-electron chi connectivity index (χ1n) is 9.85. The summed E-state index contributed by atoms with van der Waals surface area (Å²) in [6, 6.07) is 13.4. The third-order valence-electron chi connectivity index (χ3n) is 5.49. The Kier molecular flexibility index (Phi) is 5.38. The number of methoxy groups -OCH3 is 1. The van der Waals surface area contributed by atoms with Crippen LogP contribution >= 0.6 is 0 Å². The van der Waals surface area contributed by atoms with Crippen molar-refractivity contribution in [2.24, 2.45) is 0 Å². The summed E-state index contributed by atoms with van der Waals surface area (Å²) in [5.74, 6) is 0.350. The van der Waals surface area contributed by atoms with E-state index in [1.807, 2.05) is 31.2 Å². The highest BCUT2D eigenvalue weighted by Gasteiger charge is 2.24. The lowest BCUT2D eigenvalue weighted by atomic mass is 10.1. The maximum Gasteiger partial charge on any atom is 0.271 e. The minimum Gasteiger partial charge on any atom is -0.495 e. The number of hydrogen-bond acceptors (Lipinski definition) is 5. The van der Waals surface area contributed by atoms with Crippen molar-refractivity contribution in [1.29, 1.82) is 0 Å². The molecule has 29 heavy (non-hydrogen) atoms. The Bertz CT molecular complexity index is 1140. The van der Waals surface area contributed by atoms with Crippen LogP contribution in [-0.4, -0.2) is 50.1 Å². The lowest BCUT2D eigenvalue weighted by Crippen LogP contribution is -2.48. The minimum atomic E-state index is -3.78. The van der Waals surface area contributed by atoms with Gasteiger partial charge >= 0.3 is 0 Å². The first-order chi connectivity index (χ1) is 13.9. The molecule has 0 radical (unpaired) electrons. The zero-order valence-electron chi connectivity index (χ0n) is 17.1.